The molecule has 96 valence electrons. The molecule has 2 aromatic carbocycles. The zero-order valence-electron chi connectivity index (χ0n) is 9.77. The van der Waals surface area contributed by atoms with E-state index in [9.17, 15) is 4.39 Å². The zero-order valence-corrected chi connectivity index (χ0v) is 13.0. The summed E-state index contributed by atoms with van der Waals surface area (Å²) in [4.78, 5) is 4.57. The molecule has 1 nitrogen and oxygen atoms in total. The average Bonchev–Trinajstić information content (AvgIpc) is 2.80. The lowest BCUT2D eigenvalue weighted by molar-refractivity contribution is 0.626. The lowest BCUT2D eigenvalue weighted by Crippen LogP contribution is -1.84. The summed E-state index contributed by atoms with van der Waals surface area (Å²) in [6.45, 7) is 0. The molecule has 0 saturated carbocycles. The second-order valence-electron chi connectivity index (χ2n) is 3.97. The SMILES string of the molecule is Fc1ccc(CSc2nc3ccccc3s2)c(Br)c1. The number of hydrogen-bond donors (Lipinski definition) is 0. The summed E-state index contributed by atoms with van der Waals surface area (Å²) in [7, 11) is 0. The van der Waals surface area contributed by atoms with Crippen molar-refractivity contribution in [3.63, 3.8) is 0 Å². The fourth-order valence-corrected chi connectivity index (χ4v) is 4.44. The van der Waals surface area contributed by atoms with E-state index >= 15 is 0 Å². The summed E-state index contributed by atoms with van der Waals surface area (Å²) in [6, 6.07) is 12.9. The molecule has 19 heavy (non-hydrogen) atoms. The van der Waals surface area contributed by atoms with E-state index < -0.39 is 0 Å². The summed E-state index contributed by atoms with van der Waals surface area (Å²) in [5, 5.41) is 0. The molecule has 3 rings (SSSR count). The van der Waals surface area contributed by atoms with Crippen molar-refractivity contribution in [2.75, 3.05) is 0 Å². The predicted octanol–water partition coefficient (Wildman–Crippen LogP) is 5.49. The molecule has 3 aromatic rings. The van der Waals surface area contributed by atoms with Crippen LogP contribution in [0.2, 0.25) is 0 Å². The van der Waals surface area contributed by atoms with E-state index in [1.165, 1.54) is 16.8 Å². The highest BCUT2D eigenvalue weighted by Gasteiger charge is 2.06. The minimum absolute atomic E-state index is 0.222. The fourth-order valence-electron chi connectivity index (χ4n) is 1.69. The normalized spacial score (nSPS) is 11.1. The Hall–Kier alpha value is -0.910. The molecule has 0 aliphatic rings. The van der Waals surface area contributed by atoms with Gasteiger partial charge in [-0.25, -0.2) is 9.37 Å². The maximum atomic E-state index is 13.0. The number of para-hydroxylation sites is 1. The van der Waals surface area contributed by atoms with Crippen molar-refractivity contribution in [1.82, 2.24) is 4.98 Å². The van der Waals surface area contributed by atoms with Crippen LogP contribution in [0.1, 0.15) is 5.56 Å². The first-order valence-electron chi connectivity index (χ1n) is 5.65. The molecule has 0 aliphatic heterocycles. The molecule has 0 unspecified atom stereocenters. The standard InChI is InChI=1S/C14H9BrFNS2/c15-11-7-10(16)6-5-9(11)8-18-14-17-12-3-1-2-4-13(12)19-14/h1-7H,8H2. The van der Waals surface area contributed by atoms with Crippen LogP contribution in [0.15, 0.2) is 51.3 Å². The van der Waals surface area contributed by atoms with Crippen LogP contribution in [-0.2, 0) is 5.75 Å². The Balaban J connectivity index is 1.78. The van der Waals surface area contributed by atoms with Gasteiger partial charge in [0.05, 0.1) is 10.2 Å². The van der Waals surface area contributed by atoms with Crippen LogP contribution in [-0.4, -0.2) is 4.98 Å². The van der Waals surface area contributed by atoms with Crippen LogP contribution in [0.25, 0.3) is 10.2 Å². The first kappa shape index (κ1) is 13.1. The molecule has 0 atom stereocenters. The maximum Gasteiger partial charge on any atom is 0.151 e. The van der Waals surface area contributed by atoms with Gasteiger partial charge >= 0.3 is 0 Å². The Labute approximate surface area is 127 Å². The van der Waals surface area contributed by atoms with Crippen molar-refractivity contribution in [3.05, 3.63) is 58.3 Å². The van der Waals surface area contributed by atoms with Gasteiger partial charge < -0.3 is 0 Å². The van der Waals surface area contributed by atoms with Crippen molar-refractivity contribution in [2.45, 2.75) is 10.1 Å². The van der Waals surface area contributed by atoms with Gasteiger partial charge in [-0.2, -0.15) is 0 Å². The van der Waals surface area contributed by atoms with E-state index in [1.54, 1.807) is 29.2 Å². The van der Waals surface area contributed by atoms with E-state index in [2.05, 4.69) is 27.0 Å². The minimum Gasteiger partial charge on any atom is -0.230 e. The quantitative estimate of drug-likeness (QED) is 0.577. The third-order valence-electron chi connectivity index (χ3n) is 2.64. The minimum atomic E-state index is -0.222. The molecule has 1 aromatic heterocycles. The van der Waals surface area contributed by atoms with Crippen LogP contribution in [0.4, 0.5) is 4.39 Å². The van der Waals surface area contributed by atoms with Crippen molar-refractivity contribution < 1.29 is 4.39 Å². The Morgan fingerprint density at radius 2 is 2.05 bits per heavy atom. The number of nitrogens with zero attached hydrogens (tertiary/aromatic N) is 1. The predicted molar refractivity (Wildman–Crippen MR) is 83.3 cm³/mol. The number of hydrogen-bond acceptors (Lipinski definition) is 3. The lowest BCUT2D eigenvalue weighted by Gasteiger charge is -2.02. The molecule has 0 bridgehead atoms. The molecular weight excluding hydrogens is 345 g/mol. The number of aromatic nitrogens is 1. The highest BCUT2D eigenvalue weighted by molar-refractivity contribution is 9.10. The third-order valence-corrected chi connectivity index (χ3v) is 5.61. The molecule has 0 amide bonds. The van der Waals surface area contributed by atoms with Crippen LogP contribution in [0.3, 0.4) is 0 Å². The Kier molecular flexibility index (Phi) is 3.86. The van der Waals surface area contributed by atoms with Gasteiger partial charge in [0.1, 0.15) is 5.82 Å². The third kappa shape index (κ3) is 2.99. The smallest absolute Gasteiger partial charge is 0.151 e. The number of rotatable bonds is 3. The van der Waals surface area contributed by atoms with Gasteiger partial charge in [0.2, 0.25) is 0 Å². The molecule has 0 saturated heterocycles. The molecule has 0 radical (unpaired) electrons. The molecule has 0 fully saturated rings. The first-order valence-corrected chi connectivity index (χ1v) is 8.24. The van der Waals surface area contributed by atoms with Gasteiger partial charge in [0.15, 0.2) is 4.34 Å². The van der Waals surface area contributed by atoms with Crippen molar-refractivity contribution >= 4 is 49.2 Å². The van der Waals surface area contributed by atoms with Crippen LogP contribution < -0.4 is 0 Å². The summed E-state index contributed by atoms with van der Waals surface area (Å²) < 4.78 is 16.0. The second kappa shape index (κ2) is 5.61. The topological polar surface area (TPSA) is 12.9 Å². The molecule has 1 heterocycles. The summed E-state index contributed by atoms with van der Waals surface area (Å²) in [5.41, 5.74) is 2.11. The molecular formula is C14H9BrFNS2. The number of thiazole rings is 1. The van der Waals surface area contributed by atoms with Crippen LogP contribution >= 0.6 is 39.0 Å². The van der Waals surface area contributed by atoms with Gasteiger partial charge in [-0.1, -0.05) is 45.9 Å². The monoisotopic (exact) mass is 353 g/mol. The Bertz CT molecular complexity index is 693. The van der Waals surface area contributed by atoms with Gasteiger partial charge in [-0.15, -0.1) is 11.3 Å². The van der Waals surface area contributed by atoms with Gasteiger partial charge in [-0.05, 0) is 29.8 Å². The average molecular weight is 354 g/mol. The first-order chi connectivity index (χ1) is 9.22. The molecule has 5 heteroatoms. The molecule has 0 N–H and O–H groups in total. The summed E-state index contributed by atoms with van der Waals surface area (Å²) >= 11 is 6.75. The van der Waals surface area contributed by atoms with E-state index in [1.807, 2.05) is 18.2 Å². The van der Waals surface area contributed by atoms with Crippen molar-refractivity contribution in [1.29, 1.82) is 0 Å². The molecule has 0 spiro atoms. The highest BCUT2D eigenvalue weighted by Crippen LogP contribution is 2.32. The Morgan fingerprint density at radius 1 is 1.21 bits per heavy atom. The fraction of sp³-hybridized carbons (Fsp3) is 0.0714. The summed E-state index contributed by atoms with van der Waals surface area (Å²) in [5.74, 6) is 0.557. The number of thioether (sulfide) groups is 1. The number of fused-ring (bicyclic) bond motifs is 1. The van der Waals surface area contributed by atoms with Crippen LogP contribution in [0.5, 0.6) is 0 Å². The van der Waals surface area contributed by atoms with Crippen molar-refractivity contribution in [3.8, 4) is 0 Å². The highest BCUT2D eigenvalue weighted by atomic mass is 79.9. The zero-order chi connectivity index (χ0) is 13.2. The lowest BCUT2D eigenvalue weighted by atomic mass is 10.2. The van der Waals surface area contributed by atoms with E-state index in [-0.39, 0.29) is 5.82 Å². The van der Waals surface area contributed by atoms with Gasteiger partial charge in [0, 0.05) is 10.2 Å². The van der Waals surface area contributed by atoms with Crippen LogP contribution in [0, 0.1) is 5.82 Å². The Morgan fingerprint density at radius 3 is 2.84 bits per heavy atom. The van der Waals surface area contributed by atoms with E-state index in [0.717, 1.165) is 25.6 Å². The number of halogens is 2. The largest absolute Gasteiger partial charge is 0.230 e. The molecule has 0 aliphatic carbocycles. The second-order valence-corrected chi connectivity index (χ2v) is 7.08. The van der Waals surface area contributed by atoms with E-state index in [4.69, 9.17) is 0 Å². The van der Waals surface area contributed by atoms with Crippen molar-refractivity contribution in [2.24, 2.45) is 0 Å². The number of benzene rings is 2. The van der Waals surface area contributed by atoms with Gasteiger partial charge in [0.25, 0.3) is 0 Å². The maximum absolute atomic E-state index is 13.0. The summed E-state index contributed by atoms with van der Waals surface area (Å²) in [6.07, 6.45) is 0. The van der Waals surface area contributed by atoms with E-state index in [0.29, 0.717) is 0 Å². The van der Waals surface area contributed by atoms with Gasteiger partial charge in [-0.3, -0.25) is 0 Å².